The minimum Gasteiger partial charge on any atom is -0.493 e. The molecule has 1 unspecified atom stereocenters. The standard InChI is InChI=1S/C28H31N3O4/c1-18-7-6-10-23(26(18)31-27(32)20-13-15-29-16-14-20)28(33)30-19(2)21-11-12-24(25(17-21)34-3)35-22-8-4-5-9-22/h6-7,10-17,19,22H,4-5,8-9H2,1-3H3,(H,30,33)(H,31,32). The van der Waals surface area contributed by atoms with E-state index < -0.39 is 0 Å². The van der Waals surface area contributed by atoms with Gasteiger partial charge in [0, 0.05) is 18.0 Å². The molecule has 2 amide bonds. The lowest BCUT2D eigenvalue weighted by Crippen LogP contribution is -2.28. The number of nitrogens with zero attached hydrogens (tertiary/aromatic N) is 1. The van der Waals surface area contributed by atoms with Crippen molar-refractivity contribution in [3.05, 3.63) is 83.2 Å². The number of pyridine rings is 1. The van der Waals surface area contributed by atoms with Gasteiger partial charge in [-0.2, -0.15) is 0 Å². The van der Waals surface area contributed by atoms with Crippen molar-refractivity contribution in [3.8, 4) is 11.5 Å². The zero-order valence-electron chi connectivity index (χ0n) is 20.3. The second-order valence-electron chi connectivity index (χ2n) is 8.82. The minimum atomic E-state index is -0.300. The zero-order chi connectivity index (χ0) is 24.8. The molecule has 35 heavy (non-hydrogen) atoms. The molecule has 1 aromatic heterocycles. The molecule has 0 spiro atoms. The van der Waals surface area contributed by atoms with Crippen LogP contribution in [0.4, 0.5) is 5.69 Å². The Balaban J connectivity index is 1.49. The maximum atomic E-state index is 13.2. The number of carbonyl (C=O) groups excluding carboxylic acids is 2. The van der Waals surface area contributed by atoms with E-state index in [4.69, 9.17) is 9.47 Å². The Hall–Kier alpha value is -3.87. The minimum absolute atomic E-state index is 0.231. The summed E-state index contributed by atoms with van der Waals surface area (Å²) in [5.74, 6) is 0.792. The van der Waals surface area contributed by atoms with Crippen LogP contribution in [0.3, 0.4) is 0 Å². The van der Waals surface area contributed by atoms with Gasteiger partial charge in [0.15, 0.2) is 11.5 Å². The molecule has 2 aromatic carbocycles. The number of ether oxygens (including phenoxy) is 2. The van der Waals surface area contributed by atoms with E-state index in [1.165, 1.54) is 12.8 Å². The van der Waals surface area contributed by atoms with Crippen LogP contribution < -0.4 is 20.1 Å². The number of anilines is 1. The fourth-order valence-corrected chi connectivity index (χ4v) is 4.31. The van der Waals surface area contributed by atoms with Gasteiger partial charge >= 0.3 is 0 Å². The molecule has 2 N–H and O–H groups in total. The summed E-state index contributed by atoms with van der Waals surface area (Å²) in [6, 6.07) is 14.1. The van der Waals surface area contributed by atoms with Gasteiger partial charge in [-0.1, -0.05) is 18.2 Å². The van der Waals surface area contributed by atoms with E-state index in [9.17, 15) is 9.59 Å². The molecule has 7 nitrogen and oxygen atoms in total. The summed E-state index contributed by atoms with van der Waals surface area (Å²) >= 11 is 0. The van der Waals surface area contributed by atoms with Gasteiger partial charge in [-0.3, -0.25) is 14.6 Å². The molecule has 0 bridgehead atoms. The summed E-state index contributed by atoms with van der Waals surface area (Å²) in [6.45, 7) is 3.77. The summed E-state index contributed by atoms with van der Waals surface area (Å²) in [5, 5.41) is 5.93. The first-order valence-electron chi connectivity index (χ1n) is 11.9. The number of amides is 2. The first-order valence-corrected chi connectivity index (χ1v) is 11.9. The van der Waals surface area contributed by atoms with Crippen molar-refractivity contribution in [2.75, 3.05) is 12.4 Å². The number of nitrogens with one attached hydrogen (secondary N) is 2. The first kappa shape index (κ1) is 24.3. The molecule has 1 atom stereocenters. The SMILES string of the molecule is COc1cc(C(C)NC(=O)c2cccc(C)c2NC(=O)c2ccncc2)ccc1OC1CCCC1. The predicted octanol–water partition coefficient (Wildman–Crippen LogP) is 5.46. The monoisotopic (exact) mass is 473 g/mol. The van der Waals surface area contributed by atoms with Crippen LogP contribution in [0.15, 0.2) is 60.9 Å². The number of methoxy groups -OCH3 is 1. The number of para-hydroxylation sites is 1. The number of hydrogen-bond donors (Lipinski definition) is 2. The lowest BCUT2D eigenvalue weighted by atomic mass is 10.0. The average Bonchev–Trinajstić information content (AvgIpc) is 3.39. The Kier molecular flexibility index (Phi) is 7.65. The second-order valence-corrected chi connectivity index (χ2v) is 8.82. The normalized spacial score (nSPS) is 14.3. The van der Waals surface area contributed by atoms with Gasteiger partial charge in [-0.25, -0.2) is 0 Å². The summed E-state index contributed by atoms with van der Waals surface area (Å²) < 4.78 is 11.7. The molecule has 1 saturated carbocycles. The van der Waals surface area contributed by atoms with Crippen molar-refractivity contribution >= 4 is 17.5 Å². The average molecular weight is 474 g/mol. The van der Waals surface area contributed by atoms with Crippen LogP contribution in [-0.2, 0) is 0 Å². The molecule has 1 aliphatic carbocycles. The topological polar surface area (TPSA) is 89.6 Å². The Bertz CT molecular complexity index is 1190. The van der Waals surface area contributed by atoms with E-state index in [0.717, 1.165) is 29.7 Å². The third-order valence-electron chi connectivity index (χ3n) is 6.33. The maximum absolute atomic E-state index is 13.2. The van der Waals surface area contributed by atoms with Crippen LogP contribution in [0.1, 0.15) is 70.5 Å². The van der Waals surface area contributed by atoms with Crippen LogP contribution in [-0.4, -0.2) is 30.0 Å². The first-order chi connectivity index (χ1) is 17.0. The van der Waals surface area contributed by atoms with E-state index in [1.807, 2.05) is 38.1 Å². The Morgan fingerprint density at radius 1 is 1.00 bits per heavy atom. The molecule has 7 heteroatoms. The molecule has 0 radical (unpaired) electrons. The molecule has 4 rings (SSSR count). The Morgan fingerprint density at radius 2 is 1.74 bits per heavy atom. The number of hydrogen-bond acceptors (Lipinski definition) is 5. The van der Waals surface area contributed by atoms with Gasteiger partial charge < -0.3 is 20.1 Å². The third-order valence-corrected chi connectivity index (χ3v) is 6.33. The van der Waals surface area contributed by atoms with Crippen molar-refractivity contribution in [2.45, 2.75) is 51.7 Å². The smallest absolute Gasteiger partial charge is 0.255 e. The second kappa shape index (κ2) is 11.0. The summed E-state index contributed by atoms with van der Waals surface area (Å²) in [6.07, 6.45) is 7.85. The number of aryl methyl sites for hydroxylation is 1. The highest BCUT2D eigenvalue weighted by atomic mass is 16.5. The van der Waals surface area contributed by atoms with E-state index in [-0.39, 0.29) is 24.0 Å². The van der Waals surface area contributed by atoms with Crippen LogP contribution >= 0.6 is 0 Å². The fraction of sp³-hybridized carbons (Fsp3) is 0.321. The quantitative estimate of drug-likeness (QED) is 0.453. The zero-order valence-corrected chi connectivity index (χ0v) is 20.3. The van der Waals surface area contributed by atoms with Crippen molar-refractivity contribution in [1.82, 2.24) is 10.3 Å². The van der Waals surface area contributed by atoms with Crippen molar-refractivity contribution in [3.63, 3.8) is 0 Å². The van der Waals surface area contributed by atoms with Gasteiger partial charge in [0.25, 0.3) is 11.8 Å². The van der Waals surface area contributed by atoms with E-state index in [0.29, 0.717) is 22.6 Å². The molecule has 0 aliphatic heterocycles. The van der Waals surface area contributed by atoms with E-state index in [1.54, 1.807) is 43.8 Å². The Labute approximate surface area is 205 Å². The van der Waals surface area contributed by atoms with Gasteiger partial charge in [-0.15, -0.1) is 0 Å². The molecular weight excluding hydrogens is 442 g/mol. The number of rotatable bonds is 8. The molecule has 1 aliphatic rings. The van der Waals surface area contributed by atoms with Gasteiger partial charge in [0.1, 0.15) is 0 Å². The van der Waals surface area contributed by atoms with Crippen LogP contribution in [0, 0.1) is 6.92 Å². The maximum Gasteiger partial charge on any atom is 0.255 e. The molecule has 1 fully saturated rings. The predicted molar refractivity (Wildman–Crippen MR) is 135 cm³/mol. The van der Waals surface area contributed by atoms with Crippen LogP contribution in [0.25, 0.3) is 0 Å². The molecular formula is C28H31N3O4. The van der Waals surface area contributed by atoms with E-state index >= 15 is 0 Å². The highest BCUT2D eigenvalue weighted by Gasteiger charge is 2.21. The lowest BCUT2D eigenvalue weighted by molar-refractivity contribution is 0.0940. The highest BCUT2D eigenvalue weighted by molar-refractivity contribution is 6.09. The van der Waals surface area contributed by atoms with Gasteiger partial charge in [-0.05, 0) is 81.0 Å². The summed E-state index contributed by atoms with van der Waals surface area (Å²) in [4.78, 5) is 29.9. The number of carbonyl (C=O) groups is 2. The molecule has 0 saturated heterocycles. The number of benzene rings is 2. The van der Waals surface area contributed by atoms with Crippen molar-refractivity contribution < 1.29 is 19.1 Å². The van der Waals surface area contributed by atoms with Crippen LogP contribution in [0.2, 0.25) is 0 Å². The van der Waals surface area contributed by atoms with Crippen molar-refractivity contribution in [2.24, 2.45) is 0 Å². The van der Waals surface area contributed by atoms with Gasteiger partial charge in [0.05, 0.1) is 30.5 Å². The van der Waals surface area contributed by atoms with Crippen LogP contribution in [0.5, 0.6) is 11.5 Å². The largest absolute Gasteiger partial charge is 0.493 e. The lowest BCUT2D eigenvalue weighted by Gasteiger charge is -2.20. The summed E-state index contributed by atoms with van der Waals surface area (Å²) in [5.41, 5.74) is 3.03. The van der Waals surface area contributed by atoms with E-state index in [2.05, 4.69) is 15.6 Å². The highest BCUT2D eigenvalue weighted by Crippen LogP contribution is 2.34. The molecule has 1 heterocycles. The Morgan fingerprint density at radius 3 is 2.46 bits per heavy atom. The summed E-state index contributed by atoms with van der Waals surface area (Å²) in [7, 11) is 1.62. The third kappa shape index (κ3) is 5.80. The number of aromatic nitrogens is 1. The van der Waals surface area contributed by atoms with Gasteiger partial charge in [0.2, 0.25) is 0 Å². The van der Waals surface area contributed by atoms with Crippen molar-refractivity contribution in [1.29, 1.82) is 0 Å². The molecule has 182 valence electrons. The molecule has 3 aromatic rings. The fourth-order valence-electron chi connectivity index (χ4n) is 4.31.